The van der Waals surface area contributed by atoms with E-state index in [4.69, 9.17) is 0 Å². The highest BCUT2D eigenvalue weighted by molar-refractivity contribution is 5.98. The third-order valence-electron chi connectivity index (χ3n) is 3.15. The molecule has 124 valence electrons. The normalized spacial score (nSPS) is 10.2. The topological polar surface area (TPSA) is 71.8 Å². The van der Waals surface area contributed by atoms with Crippen LogP contribution in [-0.2, 0) is 0 Å². The minimum atomic E-state index is -0.0931. The van der Waals surface area contributed by atoms with Gasteiger partial charge in [0.15, 0.2) is 5.65 Å². The van der Waals surface area contributed by atoms with Crippen LogP contribution < -0.4 is 10.6 Å². The lowest BCUT2D eigenvalue weighted by molar-refractivity contribution is 0.0953. The fraction of sp³-hybridized carbons (Fsp3) is 0.500. The second-order valence-corrected chi connectivity index (χ2v) is 5.08. The summed E-state index contributed by atoms with van der Waals surface area (Å²) in [6.45, 7) is 7.30. The van der Waals surface area contributed by atoms with Crippen LogP contribution in [0.5, 0.6) is 0 Å². The number of aryl methyl sites for hydroxylation is 1. The van der Waals surface area contributed by atoms with Crippen LogP contribution in [0.15, 0.2) is 12.3 Å². The van der Waals surface area contributed by atoms with Gasteiger partial charge >= 0.3 is 0 Å². The number of carbonyl (C=O) groups excluding carboxylic acids is 1. The molecule has 6 nitrogen and oxygen atoms in total. The molecule has 22 heavy (non-hydrogen) atoms. The van der Waals surface area contributed by atoms with Crippen molar-refractivity contribution in [2.24, 2.45) is 0 Å². The molecule has 2 rings (SSSR count). The number of pyridine rings is 1. The molecular weight excluding hydrogens is 325 g/mol. The number of carbonyl (C=O) groups is 1. The first kappa shape index (κ1) is 20.6. The summed E-state index contributed by atoms with van der Waals surface area (Å²) < 4.78 is 1.87. The van der Waals surface area contributed by atoms with E-state index in [2.05, 4.69) is 34.6 Å². The summed E-state index contributed by atoms with van der Waals surface area (Å²) in [7, 11) is 1.85. The number of amides is 1. The van der Waals surface area contributed by atoms with Crippen LogP contribution >= 0.6 is 24.8 Å². The van der Waals surface area contributed by atoms with Crippen LogP contribution in [0.1, 0.15) is 35.9 Å². The quantitative estimate of drug-likeness (QED) is 0.812. The van der Waals surface area contributed by atoms with E-state index in [1.807, 2.05) is 24.7 Å². The van der Waals surface area contributed by atoms with Gasteiger partial charge in [0, 0.05) is 24.5 Å². The van der Waals surface area contributed by atoms with Crippen molar-refractivity contribution in [3.8, 4) is 0 Å². The summed E-state index contributed by atoms with van der Waals surface area (Å²) in [6.07, 6.45) is 1.76. The van der Waals surface area contributed by atoms with Gasteiger partial charge in [-0.05, 0) is 33.9 Å². The van der Waals surface area contributed by atoms with Crippen molar-refractivity contribution in [3.63, 3.8) is 0 Å². The zero-order chi connectivity index (χ0) is 14.7. The standard InChI is InChI=1S/C14H21N5O.2ClH/c1-9(2)19-13-11(8-17-19)7-12(10(3)18-13)14(20)16-6-5-15-4;;/h7-9,15H,5-6H2,1-4H3,(H,16,20);2*1H. The molecule has 0 radical (unpaired) electrons. The highest BCUT2D eigenvalue weighted by Crippen LogP contribution is 2.19. The van der Waals surface area contributed by atoms with E-state index in [-0.39, 0.29) is 36.8 Å². The molecule has 2 N–H and O–H groups in total. The molecular formula is C14H23Cl2N5O. The third-order valence-corrected chi connectivity index (χ3v) is 3.15. The van der Waals surface area contributed by atoms with Crippen molar-refractivity contribution in [1.82, 2.24) is 25.4 Å². The smallest absolute Gasteiger partial charge is 0.253 e. The summed E-state index contributed by atoms with van der Waals surface area (Å²) in [6, 6.07) is 2.10. The lowest BCUT2D eigenvalue weighted by atomic mass is 10.1. The van der Waals surface area contributed by atoms with Crippen molar-refractivity contribution in [1.29, 1.82) is 0 Å². The van der Waals surface area contributed by atoms with Crippen molar-refractivity contribution >= 4 is 41.8 Å². The number of likely N-dealkylation sites (N-methyl/N-ethyl adjacent to an activating group) is 1. The molecule has 0 saturated carbocycles. The molecule has 0 unspecified atom stereocenters. The number of hydrogen-bond donors (Lipinski definition) is 2. The van der Waals surface area contributed by atoms with Crippen LogP contribution in [0.4, 0.5) is 0 Å². The third kappa shape index (κ3) is 4.32. The van der Waals surface area contributed by atoms with Gasteiger partial charge in [0.1, 0.15) is 0 Å². The van der Waals surface area contributed by atoms with Gasteiger partial charge in [0.05, 0.1) is 17.5 Å². The Morgan fingerprint density at radius 1 is 1.32 bits per heavy atom. The molecule has 2 heterocycles. The molecule has 0 atom stereocenters. The average molecular weight is 348 g/mol. The van der Waals surface area contributed by atoms with Gasteiger partial charge in [-0.25, -0.2) is 9.67 Å². The summed E-state index contributed by atoms with van der Waals surface area (Å²) >= 11 is 0. The van der Waals surface area contributed by atoms with Gasteiger partial charge in [-0.3, -0.25) is 4.79 Å². The second kappa shape index (κ2) is 8.92. The van der Waals surface area contributed by atoms with Gasteiger partial charge in [-0.2, -0.15) is 5.10 Å². The average Bonchev–Trinajstić information content (AvgIpc) is 2.80. The number of nitrogens with zero attached hydrogens (tertiary/aromatic N) is 3. The Labute approximate surface area is 142 Å². The molecule has 1 amide bonds. The largest absolute Gasteiger partial charge is 0.351 e. The molecule has 0 spiro atoms. The van der Waals surface area contributed by atoms with Gasteiger partial charge < -0.3 is 10.6 Å². The zero-order valence-electron chi connectivity index (χ0n) is 13.2. The van der Waals surface area contributed by atoms with Crippen molar-refractivity contribution in [2.75, 3.05) is 20.1 Å². The predicted octanol–water partition coefficient (Wildman–Crippen LogP) is 2.11. The Morgan fingerprint density at radius 2 is 2.00 bits per heavy atom. The fourth-order valence-electron chi connectivity index (χ4n) is 2.07. The Bertz CT molecular complexity index is 627. The van der Waals surface area contributed by atoms with Crippen LogP contribution in [0, 0.1) is 6.92 Å². The molecule has 8 heteroatoms. The van der Waals surface area contributed by atoms with E-state index in [0.717, 1.165) is 23.3 Å². The number of aromatic nitrogens is 3. The molecule has 0 fully saturated rings. The Balaban J connectivity index is 0.00000220. The first-order valence-corrected chi connectivity index (χ1v) is 6.82. The number of nitrogens with one attached hydrogen (secondary N) is 2. The second-order valence-electron chi connectivity index (χ2n) is 5.08. The van der Waals surface area contributed by atoms with Crippen LogP contribution in [-0.4, -0.2) is 40.8 Å². The van der Waals surface area contributed by atoms with Gasteiger partial charge in [0.25, 0.3) is 5.91 Å². The molecule has 0 aromatic carbocycles. The minimum Gasteiger partial charge on any atom is -0.351 e. The predicted molar refractivity (Wildman–Crippen MR) is 93.4 cm³/mol. The van der Waals surface area contributed by atoms with E-state index in [9.17, 15) is 4.79 Å². The molecule has 2 aromatic rings. The van der Waals surface area contributed by atoms with Gasteiger partial charge in [-0.1, -0.05) is 0 Å². The molecule has 0 bridgehead atoms. The number of fused-ring (bicyclic) bond motifs is 1. The Hall–Kier alpha value is -1.37. The number of hydrogen-bond acceptors (Lipinski definition) is 4. The summed E-state index contributed by atoms with van der Waals surface area (Å²) in [5.74, 6) is -0.0931. The van der Waals surface area contributed by atoms with Crippen molar-refractivity contribution < 1.29 is 4.79 Å². The molecule has 0 aliphatic heterocycles. The maximum absolute atomic E-state index is 12.1. The lowest BCUT2D eigenvalue weighted by Gasteiger charge is -2.09. The van der Waals surface area contributed by atoms with E-state index in [1.165, 1.54) is 0 Å². The molecule has 2 aromatic heterocycles. The lowest BCUT2D eigenvalue weighted by Crippen LogP contribution is -2.31. The van der Waals surface area contributed by atoms with Crippen molar-refractivity contribution in [2.45, 2.75) is 26.8 Å². The first-order valence-electron chi connectivity index (χ1n) is 6.82. The Kier molecular flexibility index (Phi) is 8.37. The zero-order valence-corrected chi connectivity index (χ0v) is 14.8. The molecule has 0 saturated heterocycles. The SMILES string of the molecule is CNCCNC(=O)c1cc2cnn(C(C)C)c2nc1C.Cl.Cl. The molecule has 0 aliphatic rings. The van der Waals surface area contributed by atoms with Crippen LogP contribution in [0.3, 0.4) is 0 Å². The van der Waals surface area contributed by atoms with Crippen LogP contribution in [0.2, 0.25) is 0 Å². The van der Waals surface area contributed by atoms with E-state index >= 15 is 0 Å². The summed E-state index contributed by atoms with van der Waals surface area (Å²) in [5.41, 5.74) is 2.16. The van der Waals surface area contributed by atoms with Gasteiger partial charge in [-0.15, -0.1) is 24.8 Å². The van der Waals surface area contributed by atoms with Crippen LogP contribution in [0.25, 0.3) is 11.0 Å². The highest BCUT2D eigenvalue weighted by atomic mass is 35.5. The number of halogens is 2. The highest BCUT2D eigenvalue weighted by Gasteiger charge is 2.14. The van der Waals surface area contributed by atoms with Crippen molar-refractivity contribution in [3.05, 3.63) is 23.5 Å². The van der Waals surface area contributed by atoms with E-state index in [0.29, 0.717) is 12.1 Å². The van der Waals surface area contributed by atoms with Gasteiger partial charge in [0.2, 0.25) is 0 Å². The molecule has 0 aliphatic carbocycles. The summed E-state index contributed by atoms with van der Waals surface area (Å²) in [4.78, 5) is 16.6. The maximum Gasteiger partial charge on any atom is 0.253 e. The Morgan fingerprint density at radius 3 is 2.59 bits per heavy atom. The summed E-state index contributed by atoms with van der Waals surface area (Å²) in [5, 5.41) is 11.1. The number of rotatable bonds is 5. The van der Waals surface area contributed by atoms with E-state index < -0.39 is 0 Å². The van der Waals surface area contributed by atoms with E-state index in [1.54, 1.807) is 6.20 Å². The minimum absolute atomic E-state index is 0. The maximum atomic E-state index is 12.1. The monoisotopic (exact) mass is 347 g/mol. The first-order chi connectivity index (χ1) is 9.54. The fourth-order valence-corrected chi connectivity index (χ4v) is 2.07.